The number of pyridine rings is 1. The third kappa shape index (κ3) is 3.70. The van der Waals surface area contributed by atoms with Gasteiger partial charge < -0.3 is 15.0 Å². The van der Waals surface area contributed by atoms with E-state index in [1.54, 1.807) is 0 Å². The summed E-state index contributed by atoms with van der Waals surface area (Å²) in [6.45, 7) is 1.40. The number of carbonyl (C=O) groups is 1. The van der Waals surface area contributed by atoms with Crippen molar-refractivity contribution in [3.8, 4) is 0 Å². The van der Waals surface area contributed by atoms with Crippen LogP contribution in [0, 0.1) is 5.82 Å². The van der Waals surface area contributed by atoms with Crippen molar-refractivity contribution >= 4 is 32.7 Å². The van der Waals surface area contributed by atoms with Crippen molar-refractivity contribution in [3.63, 3.8) is 0 Å². The molecule has 1 unspecified atom stereocenters. The zero-order valence-electron chi connectivity index (χ0n) is 15.5. The summed E-state index contributed by atoms with van der Waals surface area (Å²) >= 11 is 1.36. The van der Waals surface area contributed by atoms with Gasteiger partial charge in [-0.05, 0) is 18.4 Å². The normalized spacial score (nSPS) is 16.6. The Balaban J connectivity index is 1.54. The smallest absolute Gasteiger partial charge is 0.243 e. The fourth-order valence-electron chi connectivity index (χ4n) is 3.46. The Morgan fingerprint density at radius 3 is 3.00 bits per heavy atom. The van der Waals surface area contributed by atoms with Crippen molar-refractivity contribution in [2.75, 3.05) is 18.6 Å². The van der Waals surface area contributed by atoms with Gasteiger partial charge in [0.2, 0.25) is 5.91 Å². The van der Waals surface area contributed by atoms with Crippen LogP contribution in [-0.2, 0) is 22.7 Å². The van der Waals surface area contributed by atoms with Crippen LogP contribution in [0.3, 0.4) is 0 Å². The molecule has 3 aromatic rings. The van der Waals surface area contributed by atoms with Gasteiger partial charge in [0, 0.05) is 25.8 Å². The van der Waals surface area contributed by atoms with Crippen molar-refractivity contribution in [1.82, 2.24) is 15.3 Å². The van der Waals surface area contributed by atoms with Crippen molar-refractivity contribution < 1.29 is 13.9 Å². The lowest BCUT2D eigenvalue weighted by Gasteiger charge is -2.23. The highest BCUT2D eigenvalue weighted by molar-refractivity contribution is 7.22. The van der Waals surface area contributed by atoms with Gasteiger partial charge in [-0.3, -0.25) is 4.79 Å². The summed E-state index contributed by atoms with van der Waals surface area (Å²) in [4.78, 5) is 23.4. The van der Waals surface area contributed by atoms with Gasteiger partial charge in [-0.2, -0.15) is 4.98 Å². The first-order chi connectivity index (χ1) is 13.7. The highest BCUT2D eigenvalue weighted by Gasteiger charge is 2.33. The summed E-state index contributed by atoms with van der Waals surface area (Å²) in [6.07, 6.45) is 2.85. The molecule has 1 atom stereocenters. The first-order valence-electron chi connectivity index (χ1n) is 9.18. The summed E-state index contributed by atoms with van der Waals surface area (Å²) in [7, 11) is 1.53. The van der Waals surface area contributed by atoms with Gasteiger partial charge in [-0.1, -0.05) is 41.7 Å². The number of anilines is 1. The molecule has 1 amide bonds. The van der Waals surface area contributed by atoms with Gasteiger partial charge in [0.1, 0.15) is 11.9 Å². The van der Waals surface area contributed by atoms with Crippen LogP contribution in [0.4, 0.5) is 9.52 Å². The zero-order chi connectivity index (χ0) is 19.5. The van der Waals surface area contributed by atoms with Crippen molar-refractivity contribution in [2.45, 2.75) is 32.0 Å². The largest absolute Gasteiger partial charge is 0.380 e. The van der Waals surface area contributed by atoms with Gasteiger partial charge >= 0.3 is 0 Å². The zero-order valence-corrected chi connectivity index (χ0v) is 16.3. The molecule has 28 heavy (non-hydrogen) atoms. The molecular weight excluding hydrogens is 379 g/mol. The summed E-state index contributed by atoms with van der Waals surface area (Å²) in [5, 5.41) is 3.71. The van der Waals surface area contributed by atoms with Crippen molar-refractivity contribution in [1.29, 1.82) is 0 Å². The molecule has 1 aliphatic rings. The number of fused-ring (bicyclic) bond motifs is 1. The monoisotopic (exact) mass is 400 g/mol. The summed E-state index contributed by atoms with van der Waals surface area (Å²) in [5.41, 5.74) is 2.01. The second kappa shape index (κ2) is 8.20. The van der Waals surface area contributed by atoms with Gasteiger partial charge in [0.25, 0.3) is 0 Å². The van der Waals surface area contributed by atoms with E-state index in [1.165, 1.54) is 24.6 Å². The van der Waals surface area contributed by atoms with E-state index in [4.69, 9.17) is 4.74 Å². The molecule has 1 aliphatic heterocycles. The molecule has 8 heteroatoms. The molecule has 146 valence electrons. The third-order valence-corrected chi connectivity index (χ3v) is 6.00. The summed E-state index contributed by atoms with van der Waals surface area (Å²) < 4.78 is 19.9. The molecule has 2 aromatic heterocycles. The van der Waals surface area contributed by atoms with Crippen molar-refractivity contribution in [3.05, 3.63) is 53.5 Å². The standard InChI is InChI=1S/C20H21FN4O2S/c1-27-12-14-15(21)11-22-18-17(14)28-20(24-18)25-9-5-8-16(25)19(26)23-10-13-6-3-2-4-7-13/h2-4,6-7,11,16H,5,8-10,12H2,1H3,(H,23,26). The highest BCUT2D eigenvalue weighted by atomic mass is 32.1. The summed E-state index contributed by atoms with van der Waals surface area (Å²) in [6, 6.07) is 9.55. The highest BCUT2D eigenvalue weighted by Crippen LogP contribution is 2.35. The van der Waals surface area contributed by atoms with E-state index >= 15 is 0 Å². The van der Waals surface area contributed by atoms with Gasteiger partial charge in [0.05, 0.1) is 17.5 Å². The number of nitrogens with one attached hydrogen (secondary N) is 1. The lowest BCUT2D eigenvalue weighted by atomic mass is 10.2. The average Bonchev–Trinajstić information content (AvgIpc) is 3.36. The Kier molecular flexibility index (Phi) is 5.50. The second-order valence-electron chi connectivity index (χ2n) is 6.72. The molecule has 1 aromatic carbocycles. The Hall–Kier alpha value is -2.58. The number of benzene rings is 1. The number of hydrogen-bond donors (Lipinski definition) is 1. The number of nitrogens with zero attached hydrogens (tertiary/aromatic N) is 3. The van der Waals surface area contributed by atoms with E-state index in [1.807, 2.05) is 35.2 Å². The van der Waals surface area contributed by atoms with E-state index in [0.717, 1.165) is 24.9 Å². The van der Waals surface area contributed by atoms with Gasteiger partial charge in [-0.15, -0.1) is 0 Å². The molecule has 1 fully saturated rings. The lowest BCUT2D eigenvalue weighted by molar-refractivity contribution is -0.122. The maximum absolute atomic E-state index is 14.1. The number of ether oxygens (including phenoxy) is 1. The first kappa shape index (κ1) is 18.8. The minimum absolute atomic E-state index is 0.0168. The second-order valence-corrected chi connectivity index (χ2v) is 7.70. The van der Waals surface area contributed by atoms with Crippen LogP contribution in [0.5, 0.6) is 0 Å². The Morgan fingerprint density at radius 1 is 1.39 bits per heavy atom. The number of aromatic nitrogens is 2. The van der Waals surface area contributed by atoms with Crippen LogP contribution in [0.25, 0.3) is 10.3 Å². The molecule has 0 bridgehead atoms. The molecule has 0 saturated carbocycles. The van der Waals surface area contributed by atoms with Crippen LogP contribution in [-0.4, -0.2) is 35.6 Å². The van der Waals surface area contributed by atoms with Crippen LogP contribution in [0.1, 0.15) is 24.0 Å². The minimum Gasteiger partial charge on any atom is -0.380 e. The lowest BCUT2D eigenvalue weighted by Crippen LogP contribution is -2.43. The molecule has 6 nitrogen and oxygen atoms in total. The van der Waals surface area contributed by atoms with E-state index in [9.17, 15) is 9.18 Å². The number of methoxy groups -OCH3 is 1. The summed E-state index contributed by atoms with van der Waals surface area (Å²) in [5.74, 6) is -0.417. The molecule has 3 heterocycles. The van der Waals surface area contributed by atoms with Crippen molar-refractivity contribution in [2.24, 2.45) is 0 Å². The van der Waals surface area contributed by atoms with Gasteiger partial charge in [0.15, 0.2) is 10.8 Å². The number of rotatable bonds is 6. The maximum atomic E-state index is 14.1. The Bertz CT molecular complexity index is 979. The topological polar surface area (TPSA) is 67.4 Å². The number of carbonyl (C=O) groups excluding carboxylic acids is 1. The fourth-order valence-corrected chi connectivity index (χ4v) is 4.58. The molecular formula is C20H21FN4O2S. The van der Waals surface area contributed by atoms with E-state index < -0.39 is 5.82 Å². The SMILES string of the molecule is COCc1c(F)cnc2nc(N3CCCC3C(=O)NCc3ccccc3)sc12. The van der Waals surface area contributed by atoms with Crippen LogP contribution >= 0.6 is 11.3 Å². The molecule has 4 rings (SSSR count). The predicted octanol–water partition coefficient (Wildman–Crippen LogP) is 3.26. The number of amides is 1. The molecule has 0 aliphatic carbocycles. The quantitative estimate of drug-likeness (QED) is 0.688. The van der Waals surface area contributed by atoms with Crippen LogP contribution in [0.15, 0.2) is 36.5 Å². The number of halogens is 1. The average molecular weight is 400 g/mol. The predicted molar refractivity (Wildman–Crippen MR) is 107 cm³/mol. The van der Waals surface area contributed by atoms with Gasteiger partial charge in [-0.25, -0.2) is 9.37 Å². The van der Waals surface area contributed by atoms with Crippen LogP contribution in [0.2, 0.25) is 0 Å². The molecule has 0 radical (unpaired) electrons. The molecule has 1 saturated heterocycles. The first-order valence-corrected chi connectivity index (χ1v) is 10.00. The molecule has 1 N–H and O–H groups in total. The minimum atomic E-state index is -0.400. The Labute approximate surface area is 166 Å². The van der Waals surface area contributed by atoms with E-state index in [0.29, 0.717) is 27.6 Å². The van der Waals surface area contributed by atoms with E-state index in [-0.39, 0.29) is 18.6 Å². The fraction of sp³-hybridized carbons (Fsp3) is 0.350. The number of hydrogen-bond acceptors (Lipinski definition) is 6. The van der Waals surface area contributed by atoms with Crippen LogP contribution < -0.4 is 10.2 Å². The maximum Gasteiger partial charge on any atom is 0.243 e. The number of thiazole rings is 1. The van der Waals surface area contributed by atoms with E-state index in [2.05, 4.69) is 15.3 Å². The third-order valence-electron chi connectivity index (χ3n) is 4.86. The molecule has 0 spiro atoms. The Morgan fingerprint density at radius 2 is 2.21 bits per heavy atom.